The van der Waals surface area contributed by atoms with Gasteiger partial charge < -0.3 is 9.73 Å². The maximum absolute atomic E-state index is 5.82. The molecule has 0 aliphatic rings. The molecule has 0 spiro atoms. The molecule has 0 aliphatic carbocycles. The van der Waals surface area contributed by atoms with Crippen molar-refractivity contribution in [2.75, 3.05) is 5.32 Å². The standard InChI is InChI=1S/C26H22ClN5O/c1-15-14-33-24-8-7-20(10-22(15)24)23-11-25(32-17(3)31-23)30-16(2)18-5-4-6-19(9-18)21-12-28-26(27)29-13-21/h4-14,16H,1-3H3,(H,30,31,32). The Bertz CT molecular complexity index is 1450. The predicted octanol–water partition coefficient (Wildman–Crippen LogP) is 6.79. The van der Waals surface area contributed by atoms with E-state index in [2.05, 4.69) is 50.4 Å². The molecule has 3 heterocycles. The zero-order chi connectivity index (χ0) is 22.9. The molecule has 0 radical (unpaired) electrons. The minimum absolute atomic E-state index is 0.0268. The number of furan rings is 1. The minimum atomic E-state index is 0.0268. The SMILES string of the molecule is Cc1nc(NC(C)c2cccc(-c3cnc(Cl)nc3)c2)cc(-c2ccc3occ(C)c3c2)n1. The normalized spacial score (nSPS) is 12.1. The minimum Gasteiger partial charge on any atom is -0.464 e. The third kappa shape index (κ3) is 4.43. The van der Waals surface area contributed by atoms with Gasteiger partial charge in [-0.3, -0.25) is 0 Å². The van der Waals surface area contributed by atoms with Crippen molar-refractivity contribution in [2.24, 2.45) is 0 Å². The number of anilines is 1. The van der Waals surface area contributed by atoms with Crippen LogP contribution in [0.2, 0.25) is 5.28 Å². The van der Waals surface area contributed by atoms with Crippen LogP contribution in [0.4, 0.5) is 5.82 Å². The second kappa shape index (κ2) is 8.64. The summed E-state index contributed by atoms with van der Waals surface area (Å²) in [6.07, 6.45) is 5.23. The lowest BCUT2D eigenvalue weighted by Gasteiger charge is -2.17. The second-order valence-electron chi connectivity index (χ2n) is 8.05. The number of rotatable bonds is 5. The summed E-state index contributed by atoms with van der Waals surface area (Å²) in [6, 6.07) is 16.4. The Hall–Kier alpha value is -3.77. The van der Waals surface area contributed by atoms with Gasteiger partial charge in [-0.05, 0) is 73.3 Å². The van der Waals surface area contributed by atoms with E-state index >= 15 is 0 Å². The van der Waals surface area contributed by atoms with Gasteiger partial charge in [0.2, 0.25) is 5.28 Å². The van der Waals surface area contributed by atoms with E-state index in [1.807, 2.05) is 44.2 Å². The molecule has 7 heteroatoms. The van der Waals surface area contributed by atoms with Gasteiger partial charge in [-0.25, -0.2) is 19.9 Å². The first-order valence-electron chi connectivity index (χ1n) is 10.6. The lowest BCUT2D eigenvalue weighted by molar-refractivity contribution is 0.613. The predicted molar refractivity (Wildman–Crippen MR) is 131 cm³/mol. The van der Waals surface area contributed by atoms with Crippen LogP contribution >= 0.6 is 11.6 Å². The number of nitrogens with zero attached hydrogens (tertiary/aromatic N) is 4. The van der Waals surface area contributed by atoms with Gasteiger partial charge in [-0.2, -0.15) is 0 Å². The number of halogens is 1. The van der Waals surface area contributed by atoms with E-state index in [4.69, 9.17) is 16.0 Å². The number of benzene rings is 2. The molecule has 0 saturated heterocycles. The zero-order valence-corrected chi connectivity index (χ0v) is 19.3. The summed E-state index contributed by atoms with van der Waals surface area (Å²) in [5, 5.41) is 4.85. The molecule has 0 fully saturated rings. The van der Waals surface area contributed by atoms with Crippen LogP contribution in [0.15, 0.2) is 71.6 Å². The Labute approximate surface area is 196 Å². The van der Waals surface area contributed by atoms with Gasteiger partial charge in [0.25, 0.3) is 0 Å². The topological polar surface area (TPSA) is 76.7 Å². The molecular formula is C26H22ClN5O. The third-order valence-corrected chi connectivity index (χ3v) is 5.80. The maximum Gasteiger partial charge on any atom is 0.222 e. The lowest BCUT2D eigenvalue weighted by atomic mass is 10.0. The van der Waals surface area contributed by atoms with E-state index in [0.29, 0.717) is 5.82 Å². The highest BCUT2D eigenvalue weighted by Crippen LogP contribution is 2.29. The summed E-state index contributed by atoms with van der Waals surface area (Å²) in [4.78, 5) is 17.4. The fourth-order valence-corrected chi connectivity index (χ4v) is 3.96. The van der Waals surface area contributed by atoms with Crippen LogP contribution in [0, 0.1) is 13.8 Å². The van der Waals surface area contributed by atoms with Gasteiger partial charge in [0.05, 0.1) is 12.0 Å². The van der Waals surface area contributed by atoms with Crippen molar-refractivity contribution in [1.29, 1.82) is 0 Å². The molecule has 2 aromatic carbocycles. The molecule has 5 rings (SSSR count). The van der Waals surface area contributed by atoms with Crippen LogP contribution in [0.25, 0.3) is 33.4 Å². The summed E-state index contributed by atoms with van der Waals surface area (Å²) in [5.74, 6) is 1.48. The zero-order valence-electron chi connectivity index (χ0n) is 18.5. The van der Waals surface area contributed by atoms with Crippen molar-refractivity contribution in [2.45, 2.75) is 26.8 Å². The number of aromatic nitrogens is 4. The quantitative estimate of drug-likeness (QED) is 0.294. The van der Waals surface area contributed by atoms with Crippen molar-refractivity contribution >= 4 is 28.4 Å². The first kappa shape index (κ1) is 21.1. The van der Waals surface area contributed by atoms with E-state index in [1.165, 1.54) is 0 Å². The van der Waals surface area contributed by atoms with Crippen molar-refractivity contribution < 1.29 is 4.42 Å². The average Bonchev–Trinajstić information content (AvgIpc) is 3.19. The van der Waals surface area contributed by atoms with E-state index in [1.54, 1.807) is 18.7 Å². The fraction of sp³-hybridized carbons (Fsp3) is 0.154. The molecule has 0 bridgehead atoms. The summed E-state index contributed by atoms with van der Waals surface area (Å²) in [6.45, 7) is 6.05. The molecular weight excluding hydrogens is 434 g/mol. The Balaban J connectivity index is 1.42. The monoisotopic (exact) mass is 455 g/mol. The summed E-state index contributed by atoms with van der Waals surface area (Å²) in [7, 11) is 0. The molecule has 3 aromatic heterocycles. The Morgan fingerprint density at radius 2 is 1.73 bits per heavy atom. The van der Waals surface area contributed by atoms with E-state index < -0.39 is 0 Å². The first-order chi connectivity index (χ1) is 16.0. The van der Waals surface area contributed by atoms with Gasteiger partial charge in [0, 0.05) is 41.0 Å². The fourth-order valence-electron chi connectivity index (χ4n) is 3.86. The lowest BCUT2D eigenvalue weighted by Crippen LogP contribution is -2.09. The van der Waals surface area contributed by atoms with Crippen LogP contribution < -0.4 is 5.32 Å². The Morgan fingerprint density at radius 3 is 2.55 bits per heavy atom. The number of nitrogens with one attached hydrogen (secondary N) is 1. The molecule has 0 saturated carbocycles. The largest absolute Gasteiger partial charge is 0.464 e. The van der Waals surface area contributed by atoms with Crippen LogP contribution in [-0.2, 0) is 0 Å². The number of hydrogen-bond donors (Lipinski definition) is 1. The molecule has 1 atom stereocenters. The molecule has 1 unspecified atom stereocenters. The van der Waals surface area contributed by atoms with Crippen molar-refractivity contribution in [1.82, 2.24) is 19.9 Å². The molecule has 5 aromatic rings. The number of fused-ring (bicyclic) bond motifs is 1. The molecule has 6 nitrogen and oxygen atoms in total. The smallest absolute Gasteiger partial charge is 0.222 e. The number of hydrogen-bond acceptors (Lipinski definition) is 6. The first-order valence-corrected chi connectivity index (χ1v) is 11.0. The highest BCUT2D eigenvalue weighted by atomic mass is 35.5. The van der Waals surface area contributed by atoms with Crippen LogP contribution in [0.5, 0.6) is 0 Å². The van der Waals surface area contributed by atoms with E-state index in [0.717, 1.165) is 50.3 Å². The molecule has 164 valence electrons. The number of aryl methyl sites for hydroxylation is 2. The van der Waals surface area contributed by atoms with Crippen molar-refractivity contribution in [3.05, 3.63) is 89.4 Å². The Morgan fingerprint density at radius 1 is 0.909 bits per heavy atom. The second-order valence-corrected chi connectivity index (χ2v) is 8.39. The third-order valence-electron chi connectivity index (χ3n) is 5.61. The van der Waals surface area contributed by atoms with E-state index in [9.17, 15) is 0 Å². The summed E-state index contributed by atoms with van der Waals surface area (Å²) in [5.41, 5.74) is 6.94. The molecule has 1 N–H and O–H groups in total. The van der Waals surface area contributed by atoms with Gasteiger partial charge >= 0.3 is 0 Å². The van der Waals surface area contributed by atoms with Gasteiger partial charge in [-0.15, -0.1) is 0 Å². The summed E-state index contributed by atoms with van der Waals surface area (Å²) >= 11 is 5.82. The van der Waals surface area contributed by atoms with Gasteiger partial charge in [0.1, 0.15) is 17.2 Å². The highest BCUT2D eigenvalue weighted by molar-refractivity contribution is 6.28. The van der Waals surface area contributed by atoms with Gasteiger partial charge in [0.15, 0.2) is 0 Å². The van der Waals surface area contributed by atoms with Crippen LogP contribution in [0.3, 0.4) is 0 Å². The van der Waals surface area contributed by atoms with Crippen molar-refractivity contribution in [3.8, 4) is 22.4 Å². The Kier molecular flexibility index (Phi) is 5.52. The van der Waals surface area contributed by atoms with Crippen LogP contribution in [0.1, 0.15) is 29.9 Å². The molecule has 0 amide bonds. The van der Waals surface area contributed by atoms with E-state index in [-0.39, 0.29) is 11.3 Å². The average molecular weight is 456 g/mol. The van der Waals surface area contributed by atoms with Crippen molar-refractivity contribution in [3.63, 3.8) is 0 Å². The molecule has 33 heavy (non-hydrogen) atoms. The summed E-state index contributed by atoms with van der Waals surface area (Å²) < 4.78 is 5.58. The maximum atomic E-state index is 5.82. The van der Waals surface area contributed by atoms with Gasteiger partial charge in [-0.1, -0.05) is 18.2 Å². The molecule has 0 aliphatic heterocycles. The van der Waals surface area contributed by atoms with Crippen LogP contribution in [-0.4, -0.2) is 19.9 Å². The highest BCUT2D eigenvalue weighted by Gasteiger charge is 2.12.